The zero-order valence-electron chi connectivity index (χ0n) is 7.75. The zero-order valence-corrected chi connectivity index (χ0v) is 7.75. The van der Waals surface area contributed by atoms with E-state index in [1.165, 1.54) is 32.4 Å². The van der Waals surface area contributed by atoms with Crippen LogP contribution >= 0.6 is 0 Å². The summed E-state index contributed by atoms with van der Waals surface area (Å²) in [6, 6.07) is 0.814. The van der Waals surface area contributed by atoms with Gasteiger partial charge in [0.05, 0.1) is 18.8 Å². The number of hydrogen-bond donors (Lipinski definition) is 0. The monoisotopic (exact) mass is 167 g/mol. The molecule has 0 amide bonds. The van der Waals surface area contributed by atoms with Gasteiger partial charge in [-0.05, 0) is 24.7 Å². The van der Waals surface area contributed by atoms with Gasteiger partial charge < -0.3 is 4.74 Å². The minimum absolute atomic E-state index is 0.623. The molecule has 0 aromatic rings. The lowest BCUT2D eigenvalue weighted by Gasteiger charge is -2.55. The van der Waals surface area contributed by atoms with E-state index in [2.05, 4.69) is 11.8 Å². The van der Waals surface area contributed by atoms with Gasteiger partial charge in [0.15, 0.2) is 0 Å². The van der Waals surface area contributed by atoms with Gasteiger partial charge >= 0.3 is 0 Å². The van der Waals surface area contributed by atoms with E-state index in [1.807, 2.05) is 0 Å². The predicted octanol–water partition coefficient (Wildman–Crippen LogP) is 1.26. The molecule has 2 heteroatoms. The number of hydrogen-bond acceptors (Lipinski definition) is 2. The van der Waals surface area contributed by atoms with Crippen molar-refractivity contribution in [2.45, 2.75) is 38.3 Å². The summed E-state index contributed by atoms with van der Waals surface area (Å²) >= 11 is 0. The number of likely N-dealkylation sites (tertiary alicyclic amines) is 1. The van der Waals surface area contributed by atoms with Crippen molar-refractivity contribution in [1.29, 1.82) is 0 Å². The summed E-state index contributed by atoms with van der Waals surface area (Å²) < 4.78 is 5.39. The van der Waals surface area contributed by atoms with Crippen LogP contribution in [0.4, 0.5) is 0 Å². The fourth-order valence-electron chi connectivity index (χ4n) is 2.47. The first-order valence-corrected chi connectivity index (χ1v) is 5.19. The second-order valence-electron chi connectivity index (χ2n) is 4.72. The highest BCUT2D eigenvalue weighted by atomic mass is 16.5. The van der Waals surface area contributed by atoms with Crippen molar-refractivity contribution in [3.05, 3.63) is 0 Å². The lowest BCUT2D eigenvalue weighted by molar-refractivity contribution is -0.218. The van der Waals surface area contributed by atoms with Gasteiger partial charge in [-0.1, -0.05) is 6.92 Å². The maximum atomic E-state index is 5.39. The Kier molecular flexibility index (Phi) is 1.37. The number of ether oxygens (including phenoxy) is 1. The summed E-state index contributed by atoms with van der Waals surface area (Å²) in [4.78, 5) is 2.63. The molecule has 0 aromatic heterocycles. The standard InChI is InChI=1S/C10H17NO/c1-2-10(3-4-10)7-11-5-9-8(11)6-12-9/h8-9H,2-7H2,1H3. The summed E-state index contributed by atoms with van der Waals surface area (Å²) in [6.07, 6.45) is 4.94. The maximum Gasteiger partial charge on any atom is 0.0880 e. The van der Waals surface area contributed by atoms with Crippen LogP contribution in [0, 0.1) is 5.41 Å². The molecule has 2 nitrogen and oxygen atoms in total. The fraction of sp³-hybridized carbons (Fsp3) is 1.00. The van der Waals surface area contributed by atoms with E-state index in [-0.39, 0.29) is 0 Å². The Morgan fingerprint density at radius 2 is 2.33 bits per heavy atom. The third-order valence-electron chi connectivity index (χ3n) is 4.04. The first-order chi connectivity index (χ1) is 5.83. The molecule has 0 aromatic carbocycles. The van der Waals surface area contributed by atoms with Crippen LogP contribution in [0.1, 0.15) is 26.2 Å². The average molecular weight is 167 g/mol. The first kappa shape index (κ1) is 7.34. The highest BCUT2D eigenvalue weighted by molar-refractivity contribution is 5.04. The van der Waals surface area contributed by atoms with Gasteiger partial charge in [0.1, 0.15) is 0 Å². The quantitative estimate of drug-likeness (QED) is 0.627. The SMILES string of the molecule is CCC1(CN2CC3OCC32)CC1. The zero-order chi connectivity index (χ0) is 8.18. The molecule has 2 unspecified atom stereocenters. The predicted molar refractivity (Wildman–Crippen MR) is 47.1 cm³/mol. The Hall–Kier alpha value is -0.0800. The van der Waals surface area contributed by atoms with E-state index in [1.54, 1.807) is 0 Å². The molecule has 68 valence electrons. The van der Waals surface area contributed by atoms with Gasteiger partial charge in [-0.3, -0.25) is 4.90 Å². The van der Waals surface area contributed by atoms with Crippen LogP contribution in [0.3, 0.4) is 0 Å². The second-order valence-corrected chi connectivity index (χ2v) is 4.72. The Bertz CT molecular complexity index is 200. The highest BCUT2D eigenvalue weighted by Crippen LogP contribution is 2.50. The summed E-state index contributed by atoms with van der Waals surface area (Å²) in [5, 5.41) is 0. The largest absolute Gasteiger partial charge is 0.373 e. The van der Waals surface area contributed by atoms with Gasteiger partial charge in [0, 0.05) is 13.1 Å². The maximum absolute atomic E-state index is 5.39. The Balaban J connectivity index is 1.56. The molecule has 2 aliphatic heterocycles. The summed E-state index contributed by atoms with van der Waals surface area (Å²) in [5.41, 5.74) is 0.737. The van der Waals surface area contributed by atoms with Gasteiger partial charge in [-0.15, -0.1) is 0 Å². The van der Waals surface area contributed by atoms with Crippen molar-refractivity contribution >= 4 is 0 Å². The molecule has 0 N–H and O–H groups in total. The lowest BCUT2D eigenvalue weighted by Crippen LogP contribution is -2.71. The molecule has 0 radical (unpaired) electrons. The number of nitrogens with zero attached hydrogens (tertiary/aromatic N) is 1. The molecule has 1 saturated carbocycles. The third kappa shape index (κ3) is 0.882. The topological polar surface area (TPSA) is 12.5 Å². The van der Waals surface area contributed by atoms with Crippen molar-refractivity contribution in [2.75, 3.05) is 19.7 Å². The Morgan fingerprint density at radius 3 is 2.67 bits per heavy atom. The fourth-order valence-corrected chi connectivity index (χ4v) is 2.47. The van der Waals surface area contributed by atoms with Crippen LogP contribution in [-0.4, -0.2) is 36.7 Å². The van der Waals surface area contributed by atoms with Crippen molar-refractivity contribution in [1.82, 2.24) is 4.90 Å². The van der Waals surface area contributed by atoms with Crippen molar-refractivity contribution < 1.29 is 4.74 Å². The molecule has 2 heterocycles. The van der Waals surface area contributed by atoms with E-state index >= 15 is 0 Å². The van der Waals surface area contributed by atoms with Crippen molar-refractivity contribution in [3.8, 4) is 0 Å². The molecule has 0 bridgehead atoms. The van der Waals surface area contributed by atoms with Crippen LogP contribution < -0.4 is 0 Å². The van der Waals surface area contributed by atoms with Gasteiger partial charge in [0.2, 0.25) is 0 Å². The van der Waals surface area contributed by atoms with E-state index < -0.39 is 0 Å². The summed E-state index contributed by atoms with van der Waals surface area (Å²) in [6.45, 7) is 5.91. The van der Waals surface area contributed by atoms with Gasteiger partial charge in [-0.2, -0.15) is 0 Å². The molecular weight excluding hydrogens is 150 g/mol. The molecule has 3 rings (SSSR count). The van der Waals surface area contributed by atoms with Crippen LogP contribution in [-0.2, 0) is 4.74 Å². The van der Waals surface area contributed by atoms with Gasteiger partial charge in [0.25, 0.3) is 0 Å². The van der Waals surface area contributed by atoms with Crippen LogP contribution in [0.15, 0.2) is 0 Å². The normalized spacial score (nSPS) is 42.8. The van der Waals surface area contributed by atoms with Crippen LogP contribution in [0.25, 0.3) is 0 Å². The van der Waals surface area contributed by atoms with Gasteiger partial charge in [-0.25, -0.2) is 0 Å². The van der Waals surface area contributed by atoms with Crippen molar-refractivity contribution in [2.24, 2.45) is 5.41 Å². The average Bonchev–Trinajstić information content (AvgIpc) is 2.80. The van der Waals surface area contributed by atoms with E-state index in [0.29, 0.717) is 6.10 Å². The van der Waals surface area contributed by atoms with E-state index in [9.17, 15) is 0 Å². The molecule has 12 heavy (non-hydrogen) atoms. The number of fused-ring (bicyclic) bond motifs is 1. The minimum Gasteiger partial charge on any atom is -0.373 e. The summed E-state index contributed by atoms with van der Waals surface area (Å²) in [7, 11) is 0. The molecule has 2 saturated heterocycles. The smallest absolute Gasteiger partial charge is 0.0880 e. The van der Waals surface area contributed by atoms with Crippen LogP contribution in [0.5, 0.6) is 0 Å². The first-order valence-electron chi connectivity index (χ1n) is 5.19. The molecule has 3 fully saturated rings. The molecule has 2 atom stereocenters. The summed E-state index contributed by atoms with van der Waals surface area (Å²) in [5.74, 6) is 0. The Morgan fingerprint density at radius 1 is 1.50 bits per heavy atom. The van der Waals surface area contributed by atoms with E-state index in [0.717, 1.165) is 18.1 Å². The molecule has 1 aliphatic carbocycles. The minimum atomic E-state index is 0.623. The highest BCUT2D eigenvalue weighted by Gasteiger charge is 2.52. The number of morpholine rings is 1. The molecule has 3 aliphatic rings. The third-order valence-corrected chi connectivity index (χ3v) is 4.04. The van der Waals surface area contributed by atoms with Crippen molar-refractivity contribution in [3.63, 3.8) is 0 Å². The number of rotatable bonds is 3. The van der Waals surface area contributed by atoms with E-state index in [4.69, 9.17) is 4.74 Å². The Labute approximate surface area is 73.9 Å². The molecular formula is C10H17NO. The van der Waals surface area contributed by atoms with Crippen LogP contribution in [0.2, 0.25) is 0 Å². The lowest BCUT2D eigenvalue weighted by atomic mass is 9.91. The molecule has 0 spiro atoms. The second kappa shape index (κ2) is 2.24.